The highest BCUT2D eigenvalue weighted by atomic mass is 35.5. The lowest BCUT2D eigenvalue weighted by Gasteiger charge is -2.15. The van der Waals surface area contributed by atoms with Crippen molar-refractivity contribution in [1.29, 1.82) is 0 Å². The highest BCUT2D eigenvalue weighted by Crippen LogP contribution is 2.38. The number of carbonyl (C=O) groups is 2. The summed E-state index contributed by atoms with van der Waals surface area (Å²) in [4.78, 5) is 32.0. The van der Waals surface area contributed by atoms with E-state index in [-0.39, 0.29) is 16.8 Å². The lowest BCUT2D eigenvalue weighted by molar-refractivity contribution is -0.192. The predicted octanol–water partition coefficient (Wildman–Crippen LogP) is 3.34. The van der Waals surface area contributed by atoms with Crippen molar-refractivity contribution in [1.82, 2.24) is 14.6 Å². The van der Waals surface area contributed by atoms with Crippen molar-refractivity contribution in [2.45, 2.75) is 22.8 Å². The number of alkyl halides is 3. The molecule has 208 valence electrons. The lowest BCUT2D eigenvalue weighted by atomic mass is 10.2. The van der Waals surface area contributed by atoms with Crippen LogP contribution in [-0.2, 0) is 19.6 Å². The molecule has 0 saturated carbocycles. The zero-order valence-corrected chi connectivity index (χ0v) is 22.2. The minimum atomic E-state index is -5.08. The highest BCUT2D eigenvalue weighted by molar-refractivity contribution is 7.91. The van der Waals surface area contributed by atoms with Gasteiger partial charge >= 0.3 is 12.1 Å². The molecule has 0 unspecified atom stereocenters. The third kappa shape index (κ3) is 7.98. The number of rotatable bonds is 7. The third-order valence-electron chi connectivity index (χ3n) is 5.17. The summed E-state index contributed by atoms with van der Waals surface area (Å²) in [6.45, 7) is 0.442. The molecule has 16 heteroatoms. The largest absolute Gasteiger partial charge is 0.490 e. The first-order chi connectivity index (χ1) is 18.3. The number of aliphatic carboxylic acids is 1. The fraction of sp³-hybridized carbons (Fsp3) is 0.217. The summed E-state index contributed by atoms with van der Waals surface area (Å²) in [5, 5.41) is 7.44. The van der Waals surface area contributed by atoms with Gasteiger partial charge < -0.3 is 15.7 Å². The number of nitrogens with two attached hydrogens (primary N) is 1. The van der Waals surface area contributed by atoms with E-state index in [0.29, 0.717) is 28.7 Å². The van der Waals surface area contributed by atoms with Crippen LogP contribution in [0.2, 0.25) is 5.02 Å². The maximum absolute atomic E-state index is 12.9. The number of halogens is 4. The molecule has 4 N–H and O–H groups in total. The van der Waals surface area contributed by atoms with E-state index in [1.165, 1.54) is 11.0 Å². The van der Waals surface area contributed by atoms with E-state index < -0.39 is 28.2 Å². The van der Waals surface area contributed by atoms with E-state index >= 15 is 0 Å². The van der Waals surface area contributed by atoms with E-state index in [2.05, 4.69) is 14.7 Å². The number of aliphatic imine (C=N–C) groups is 1. The molecule has 1 aromatic carbocycles. The molecule has 39 heavy (non-hydrogen) atoms. The van der Waals surface area contributed by atoms with Crippen LogP contribution in [0.25, 0.3) is 10.4 Å². The SMILES string of the molecule is NC(=NCN1CC[C@H](NS(=O)(=O)c2cc(Cl)c(-c3cccnc3)s2)C1=O)c1ccccc1.O=C(O)C(F)(F)F. The summed E-state index contributed by atoms with van der Waals surface area (Å²) in [6, 6.07) is 13.3. The highest BCUT2D eigenvalue weighted by Gasteiger charge is 2.38. The van der Waals surface area contributed by atoms with Crippen molar-refractivity contribution in [3.63, 3.8) is 0 Å². The van der Waals surface area contributed by atoms with Crippen LogP contribution in [0.15, 0.2) is 70.1 Å². The lowest BCUT2D eigenvalue weighted by Crippen LogP contribution is -2.41. The van der Waals surface area contributed by atoms with Crippen molar-refractivity contribution in [2.75, 3.05) is 13.2 Å². The van der Waals surface area contributed by atoms with Gasteiger partial charge in [-0.2, -0.15) is 17.9 Å². The quantitative estimate of drug-likeness (QED) is 0.276. The van der Waals surface area contributed by atoms with Gasteiger partial charge in [0.1, 0.15) is 22.8 Å². The number of amides is 1. The van der Waals surface area contributed by atoms with Gasteiger partial charge in [0.2, 0.25) is 5.91 Å². The number of amidine groups is 1. The Bertz CT molecular complexity index is 1450. The van der Waals surface area contributed by atoms with Gasteiger partial charge in [-0.15, -0.1) is 11.3 Å². The first-order valence-electron chi connectivity index (χ1n) is 11.0. The molecule has 1 fully saturated rings. The molecule has 3 heterocycles. The molecule has 2 aromatic heterocycles. The second-order valence-electron chi connectivity index (χ2n) is 7.90. The smallest absolute Gasteiger partial charge is 0.475 e. The molecule has 1 atom stereocenters. The van der Waals surface area contributed by atoms with Gasteiger partial charge in [-0.05, 0) is 18.6 Å². The van der Waals surface area contributed by atoms with Crippen molar-refractivity contribution in [3.05, 3.63) is 71.5 Å². The number of sulfonamides is 1. The van der Waals surface area contributed by atoms with Crippen LogP contribution < -0.4 is 10.5 Å². The van der Waals surface area contributed by atoms with E-state index in [9.17, 15) is 26.4 Å². The van der Waals surface area contributed by atoms with Crippen molar-refractivity contribution >= 4 is 50.7 Å². The topological polar surface area (TPSA) is 155 Å². The van der Waals surface area contributed by atoms with Crippen molar-refractivity contribution in [3.8, 4) is 10.4 Å². The van der Waals surface area contributed by atoms with Crippen LogP contribution in [0.4, 0.5) is 13.2 Å². The molecular weight excluding hydrogens is 583 g/mol. The standard InChI is InChI=1S/C21H20ClN5O3S2.C2HF3O2/c22-16-11-18(31-19(16)15-7-4-9-24-12-15)32(29,30)26-17-8-10-27(21(17)28)13-25-20(23)14-5-2-1-3-6-14;3-2(4,5)1(6)7/h1-7,9,11-12,17,26H,8,10,13H2,(H2,23,25);(H,6,7)/t17-;/m0./s1. The Morgan fingerprint density at radius 2 is 1.92 bits per heavy atom. The Labute approximate surface area is 230 Å². The normalized spacial score (nSPS) is 16.1. The summed E-state index contributed by atoms with van der Waals surface area (Å²) in [7, 11) is -3.93. The molecule has 0 radical (unpaired) electrons. The summed E-state index contributed by atoms with van der Waals surface area (Å²) in [6.07, 6.45) is -1.51. The average molecular weight is 604 g/mol. The minimum absolute atomic E-state index is 0.0407. The molecule has 4 rings (SSSR count). The molecule has 10 nitrogen and oxygen atoms in total. The maximum Gasteiger partial charge on any atom is 0.490 e. The zero-order valence-electron chi connectivity index (χ0n) is 19.8. The van der Waals surface area contributed by atoms with Crippen LogP contribution in [0.3, 0.4) is 0 Å². The summed E-state index contributed by atoms with van der Waals surface area (Å²) in [5.74, 6) is -2.78. The average Bonchev–Trinajstić information content (AvgIpc) is 3.46. The molecule has 1 amide bonds. The second kappa shape index (κ2) is 12.5. The molecule has 0 spiro atoms. The van der Waals surface area contributed by atoms with Gasteiger partial charge in [-0.1, -0.05) is 48.0 Å². The number of pyridine rings is 1. The Hall–Kier alpha value is -3.53. The van der Waals surface area contributed by atoms with Crippen molar-refractivity contribution in [2.24, 2.45) is 10.7 Å². The number of carboxylic acid groups (broad SMARTS) is 1. The van der Waals surface area contributed by atoms with Gasteiger partial charge in [-0.25, -0.2) is 18.2 Å². The number of hydrogen-bond donors (Lipinski definition) is 3. The molecule has 0 bridgehead atoms. The monoisotopic (exact) mass is 603 g/mol. The number of nitrogens with one attached hydrogen (secondary N) is 1. The maximum atomic E-state index is 12.9. The number of nitrogens with zero attached hydrogens (tertiary/aromatic N) is 3. The summed E-state index contributed by atoms with van der Waals surface area (Å²) < 4.78 is 60.1. The van der Waals surface area contributed by atoms with Gasteiger partial charge in [0, 0.05) is 30.1 Å². The molecular formula is C23H21ClF3N5O5S2. The number of carbonyl (C=O) groups excluding carboxylic acids is 1. The molecule has 1 saturated heterocycles. The van der Waals surface area contributed by atoms with Gasteiger partial charge in [0.25, 0.3) is 10.0 Å². The molecule has 1 aliphatic heterocycles. The molecule has 1 aliphatic rings. The van der Waals surface area contributed by atoms with E-state index in [1.807, 2.05) is 30.3 Å². The minimum Gasteiger partial charge on any atom is -0.475 e. The van der Waals surface area contributed by atoms with Crippen LogP contribution in [-0.4, -0.2) is 66.6 Å². The summed E-state index contributed by atoms with van der Waals surface area (Å²) in [5.41, 5.74) is 7.46. The summed E-state index contributed by atoms with van der Waals surface area (Å²) >= 11 is 7.30. The predicted molar refractivity (Wildman–Crippen MR) is 139 cm³/mol. The Morgan fingerprint density at radius 3 is 2.51 bits per heavy atom. The van der Waals surface area contributed by atoms with E-state index in [1.54, 1.807) is 24.5 Å². The number of benzene rings is 1. The van der Waals surface area contributed by atoms with Gasteiger partial charge in [-0.3, -0.25) is 9.78 Å². The molecule has 0 aliphatic carbocycles. The Morgan fingerprint density at radius 1 is 1.26 bits per heavy atom. The Kier molecular flexibility index (Phi) is 9.66. The van der Waals surface area contributed by atoms with Gasteiger partial charge in [0.05, 0.1) is 9.90 Å². The Balaban J connectivity index is 0.000000532. The van der Waals surface area contributed by atoms with E-state index in [0.717, 1.165) is 22.5 Å². The first-order valence-corrected chi connectivity index (χ1v) is 13.6. The first kappa shape index (κ1) is 30.0. The van der Waals surface area contributed by atoms with Crippen LogP contribution in [0.5, 0.6) is 0 Å². The fourth-order valence-electron chi connectivity index (χ4n) is 3.27. The van der Waals surface area contributed by atoms with Crippen LogP contribution in [0.1, 0.15) is 12.0 Å². The zero-order chi connectivity index (χ0) is 28.8. The third-order valence-corrected chi connectivity index (χ3v) is 8.71. The van der Waals surface area contributed by atoms with Gasteiger partial charge in [0.15, 0.2) is 0 Å². The molecule has 3 aromatic rings. The van der Waals surface area contributed by atoms with Crippen LogP contribution >= 0.6 is 22.9 Å². The fourth-order valence-corrected chi connectivity index (χ4v) is 6.32. The number of aromatic nitrogens is 1. The van der Waals surface area contributed by atoms with Crippen LogP contribution in [0, 0.1) is 0 Å². The van der Waals surface area contributed by atoms with E-state index in [4.69, 9.17) is 27.2 Å². The second-order valence-corrected chi connectivity index (χ2v) is 11.3. The number of thiophene rings is 1. The number of carboxylic acids is 1. The van der Waals surface area contributed by atoms with Crippen molar-refractivity contribution < 1.29 is 36.3 Å². The number of hydrogen-bond acceptors (Lipinski definition) is 7. The number of likely N-dealkylation sites (tertiary alicyclic amines) is 1.